The van der Waals surface area contributed by atoms with Crippen molar-refractivity contribution in [2.24, 2.45) is 0 Å². The summed E-state index contributed by atoms with van der Waals surface area (Å²) in [7, 11) is 0. The molecule has 164 valence electrons. The van der Waals surface area contributed by atoms with Crippen LogP contribution in [-0.4, -0.2) is 31.4 Å². The Morgan fingerprint density at radius 1 is 1.19 bits per heavy atom. The number of fused-ring (bicyclic) bond motifs is 1. The fourth-order valence-corrected chi connectivity index (χ4v) is 5.52. The van der Waals surface area contributed by atoms with Gasteiger partial charge < -0.3 is 9.88 Å². The first-order chi connectivity index (χ1) is 15.5. The average Bonchev–Trinajstić information content (AvgIpc) is 3.37. The summed E-state index contributed by atoms with van der Waals surface area (Å²) in [5, 5.41) is 13.5. The van der Waals surface area contributed by atoms with Crippen LogP contribution in [-0.2, 0) is 4.79 Å². The average molecular weight is 464 g/mol. The van der Waals surface area contributed by atoms with Crippen molar-refractivity contribution in [3.8, 4) is 10.6 Å². The number of thiazole rings is 1. The number of hydrogen-bond acceptors (Lipinski definition) is 6. The summed E-state index contributed by atoms with van der Waals surface area (Å²) < 4.78 is 3.41. The van der Waals surface area contributed by atoms with Gasteiger partial charge in [-0.15, -0.1) is 21.5 Å². The second-order valence-electron chi connectivity index (χ2n) is 8.50. The zero-order valence-corrected chi connectivity index (χ0v) is 20.0. The highest BCUT2D eigenvalue weighted by Gasteiger charge is 2.30. The van der Waals surface area contributed by atoms with Crippen LogP contribution >= 0.6 is 23.1 Å². The van der Waals surface area contributed by atoms with E-state index in [9.17, 15) is 4.79 Å². The molecule has 8 heteroatoms. The highest BCUT2D eigenvalue weighted by molar-refractivity contribution is 7.99. The number of aromatic nitrogens is 4. The van der Waals surface area contributed by atoms with Gasteiger partial charge in [0.05, 0.1) is 16.0 Å². The Morgan fingerprint density at radius 2 is 1.97 bits per heavy atom. The van der Waals surface area contributed by atoms with Gasteiger partial charge in [0.25, 0.3) is 0 Å². The predicted molar refractivity (Wildman–Crippen MR) is 132 cm³/mol. The molecule has 0 unspecified atom stereocenters. The number of carbonyl (C=O) groups is 1. The van der Waals surface area contributed by atoms with Gasteiger partial charge in [-0.1, -0.05) is 31.7 Å². The van der Waals surface area contributed by atoms with Crippen molar-refractivity contribution < 1.29 is 4.79 Å². The number of anilines is 1. The first-order valence-corrected chi connectivity index (χ1v) is 12.6. The minimum atomic E-state index is -0.0466. The Bertz CT molecular complexity index is 1270. The maximum atomic E-state index is 12.5. The van der Waals surface area contributed by atoms with Crippen LogP contribution in [0.1, 0.15) is 50.0 Å². The van der Waals surface area contributed by atoms with E-state index in [0.29, 0.717) is 17.7 Å². The highest BCUT2D eigenvalue weighted by Crippen LogP contribution is 2.40. The zero-order valence-electron chi connectivity index (χ0n) is 18.3. The SMILES string of the molecule is Cc1ccc2nc(-c3ccc(NC(=O)CSc4nnc(C(C)C)n4C4CC4)cc3)sc2c1. The highest BCUT2D eigenvalue weighted by atomic mass is 32.2. The molecule has 5 rings (SSSR count). The van der Waals surface area contributed by atoms with Crippen molar-refractivity contribution in [2.45, 2.75) is 50.7 Å². The lowest BCUT2D eigenvalue weighted by molar-refractivity contribution is -0.113. The Balaban J connectivity index is 1.22. The number of thioether (sulfide) groups is 1. The molecule has 0 spiro atoms. The Kier molecular flexibility index (Phi) is 5.73. The lowest BCUT2D eigenvalue weighted by atomic mass is 10.2. The molecule has 0 aliphatic heterocycles. The van der Waals surface area contributed by atoms with Crippen LogP contribution < -0.4 is 5.32 Å². The van der Waals surface area contributed by atoms with Crippen molar-refractivity contribution in [1.29, 1.82) is 0 Å². The molecule has 1 N–H and O–H groups in total. The number of nitrogens with zero attached hydrogens (tertiary/aromatic N) is 4. The van der Waals surface area contributed by atoms with Gasteiger partial charge in [-0.25, -0.2) is 4.98 Å². The number of benzene rings is 2. The summed E-state index contributed by atoms with van der Waals surface area (Å²) in [5.41, 5.74) is 4.09. The lowest BCUT2D eigenvalue weighted by Gasteiger charge is -2.10. The molecule has 1 fully saturated rings. The number of amides is 1. The van der Waals surface area contributed by atoms with Gasteiger partial charge in [0.2, 0.25) is 5.91 Å². The van der Waals surface area contributed by atoms with Crippen molar-refractivity contribution in [3.63, 3.8) is 0 Å². The van der Waals surface area contributed by atoms with Gasteiger partial charge >= 0.3 is 0 Å². The summed E-state index contributed by atoms with van der Waals surface area (Å²) in [6.07, 6.45) is 2.33. The van der Waals surface area contributed by atoms with Gasteiger partial charge in [0, 0.05) is 23.2 Å². The van der Waals surface area contributed by atoms with E-state index < -0.39 is 0 Å². The Labute approximate surface area is 195 Å². The maximum Gasteiger partial charge on any atom is 0.234 e. The second kappa shape index (κ2) is 8.67. The van der Waals surface area contributed by atoms with Crippen LogP contribution in [0.2, 0.25) is 0 Å². The first-order valence-electron chi connectivity index (χ1n) is 10.8. The van der Waals surface area contributed by atoms with E-state index in [0.717, 1.165) is 45.6 Å². The van der Waals surface area contributed by atoms with Gasteiger partial charge in [-0.05, 0) is 61.7 Å². The number of carbonyl (C=O) groups excluding carboxylic acids is 1. The molecule has 0 radical (unpaired) electrons. The summed E-state index contributed by atoms with van der Waals surface area (Å²) in [5.74, 6) is 1.59. The molecule has 2 aromatic carbocycles. The molecule has 0 bridgehead atoms. The van der Waals surface area contributed by atoms with Crippen molar-refractivity contribution in [2.75, 3.05) is 11.1 Å². The van der Waals surface area contributed by atoms with Crippen LogP contribution in [0.5, 0.6) is 0 Å². The first kappa shape index (κ1) is 21.2. The molecular formula is C24H25N5OS2. The van der Waals surface area contributed by atoms with Crippen molar-refractivity contribution in [1.82, 2.24) is 19.7 Å². The van der Waals surface area contributed by atoms with E-state index >= 15 is 0 Å². The topological polar surface area (TPSA) is 72.7 Å². The van der Waals surface area contributed by atoms with E-state index in [1.165, 1.54) is 22.0 Å². The molecule has 2 heterocycles. The van der Waals surface area contributed by atoms with Crippen LogP contribution in [0.3, 0.4) is 0 Å². The molecule has 1 amide bonds. The van der Waals surface area contributed by atoms with Crippen molar-refractivity contribution in [3.05, 3.63) is 53.9 Å². The van der Waals surface area contributed by atoms with E-state index in [-0.39, 0.29) is 5.91 Å². The van der Waals surface area contributed by atoms with Crippen molar-refractivity contribution >= 4 is 44.9 Å². The monoisotopic (exact) mass is 463 g/mol. The molecule has 1 saturated carbocycles. The van der Waals surface area contributed by atoms with Gasteiger partial charge in [0.1, 0.15) is 10.8 Å². The molecular weight excluding hydrogens is 438 g/mol. The maximum absolute atomic E-state index is 12.5. The number of aryl methyl sites for hydroxylation is 1. The normalized spacial score (nSPS) is 13.8. The minimum Gasteiger partial charge on any atom is -0.325 e. The third kappa shape index (κ3) is 4.42. The summed E-state index contributed by atoms with van der Waals surface area (Å²) in [6, 6.07) is 14.7. The fraction of sp³-hybridized carbons (Fsp3) is 0.333. The minimum absolute atomic E-state index is 0.0466. The fourth-order valence-electron chi connectivity index (χ4n) is 3.64. The number of rotatable bonds is 7. The molecule has 2 aromatic heterocycles. The number of hydrogen-bond donors (Lipinski definition) is 1. The zero-order chi connectivity index (χ0) is 22.2. The van der Waals surface area contributed by atoms with Crippen LogP contribution in [0.25, 0.3) is 20.8 Å². The molecule has 32 heavy (non-hydrogen) atoms. The smallest absolute Gasteiger partial charge is 0.234 e. The van der Waals surface area contributed by atoms with E-state index in [2.05, 4.69) is 59.1 Å². The molecule has 1 aliphatic rings. The van der Waals surface area contributed by atoms with Gasteiger partial charge in [-0.3, -0.25) is 4.79 Å². The van der Waals surface area contributed by atoms with Crippen LogP contribution in [0, 0.1) is 6.92 Å². The van der Waals surface area contributed by atoms with E-state index in [4.69, 9.17) is 4.98 Å². The predicted octanol–water partition coefficient (Wildman–Crippen LogP) is 6.05. The summed E-state index contributed by atoms with van der Waals surface area (Å²) in [6.45, 7) is 6.35. The van der Waals surface area contributed by atoms with Crippen LogP contribution in [0.15, 0.2) is 47.6 Å². The number of nitrogens with one attached hydrogen (secondary N) is 1. The van der Waals surface area contributed by atoms with E-state index in [1.807, 2.05) is 24.3 Å². The lowest BCUT2D eigenvalue weighted by Crippen LogP contribution is -2.14. The third-order valence-electron chi connectivity index (χ3n) is 5.41. The second-order valence-corrected chi connectivity index (χ2v) is 10.5. The Hall–Kier alpha value is -2.71. The molecule has 0 atom stereocenters. The van der Waals surface area contributed by atoms with Gasteiger partial charge in [-0.2, -0.15) is 0 Å². The third-order valence-corrected chi connectivity index (χ3v) is 7.42. The summed E-state index contributed by atoms with van der Waals surface area (Å²) in [4.78, 5) is 17.3. The van der Waals surface area contributed by atoms with Gasteiger partial charge in [0.15, 0.2) is 5.16 Å². The summed E-state index contributed by atoms with van der Waals surface area (Å²) >= 11 is 3.14. The Morgan fingerprint density at radius 3 is 2.69 bits per heavy atom. The largest absolute Gasteiger partial charge is 0.325 e. The van der Waals surface area contributed by atoms with Crippen LogP contribution in [0.4, 0.5) is 5.69 Å². The van der Waals surface area contributed by atoms with E-state index in [1.54, 1.807) is 11.3 Å². The molecule has 6 nitrogen and oxygen atoms in total. The quantitative estimate of drug-likeness (QED) is 0.338. The molecule has 4 aromatic rings. The molecule has 0 saturated heterocycles. The standard InChI is InChI=1S/C24H25N5OS2/c1-14(2)22-27-28-24(29(22)18-9-10-18)31-13-21(30)25-17-7-5-16(6-8-17)23-26-19-11-4-15(3)12-20(19)32-23/h4-8,11-12,14,18H,9-10,13H2,1-3H3,(H,25,30). The molecule has 1 aliphatic carbocycles.